The van der Waals surface area contributed by atoms with Crippen molar-refractivity contribution in [2.45, 2.75) is 53.5 Å². The fraction of sp³-hybridized carbons (Fsp3) is 0.643. The molecule has 0 aliphatic heterocycles. The number of hydrogen-bond acceptors (Lipinski definition) is 0. The Balaban J connectivity index is 2.94. The van der Waals surface area contributed by atoms with Crippen molar-refractivity contribution in [3.8, 4) is 0 Å². The molecule has 0 N–H and O–H groups in total. The van der Waals surface area contributed by atoms with E-state index in [1.807, 2.05) is 0 Å². The molecule has 1 aromatic rings. The van der Waals surface area contributed by atoms with Crippen LogP contribution in [-0.2, 0) is 12.0 Å². The van der Waals surface area contributed by atoms with Gasteiger partial charge >= 0.3 is 0 Å². The maximum Gasteiger partial charge on any atom is 0.172 e. The molecule has 0 saturated heterocycles. The molecule has 1 aromatic heterocycles. The van der Waals surface area contributed by atoms with Gasteiger partial charge in [0, 0.05) is 32.4 Å². The summed E-state index contributed by atoms with van der Waals surface area (Å²) in [6.07, 6.45) is 5.54. The fourth-order valence-corrected chi connectivity index (χ4v) is 1.66. The molecule has 0 unspecified atom stereocenters. The molecule has 15 heavy (non-hydrogen) atoms. The van der Waals surface area contributed by atoms with E-state index in [-0.39, 0.29) is 5.54 Å². The zero-order chi connectivity index (χ0) is 11.7. The Morgan fingerprint density at radius 3 is 2.13 bits per heavy atom. The summed E-state index contributed by atoms with van der Waals surface area (Å²) in [5, 5.41) is 0. The third-order valence-electron chi connectivity index (χ3n) is 2.37. The molecule has 0 aliphatic rings. The molecule has 0 fully saturated rings. The Morgan fingerprint density at radius 2 is 1.67 bits per heavy atom. The van der Waals surface area contributed by atoms with Gasteiger partial charge in [0.05, 0.1) is 0 Å². The molecule has 84 valence electrons. The first-order chi connectivity index (χ1) is 6.68. The summed E-state index contributed by atoms with van der Waals surface area (Å²) >= 11 is 0. The number of pyridine rings is 1. The summed E-state index contributed by atoms with van der Waals surface area (Å²) < 4.78 is 2.29. The van der Waals surface area contributed by atoms with Gasteiger partial charge in [-0.25, -0.2) is 4.57 Å². The molecule has 1 heteroatoms. The van der Waals surface area contributed by atoms with Crippen LogP contribution < -0.4 is 4.57 Å². The number of rotatable bonds is 1. The quantitative estimate of drug-likeness (QED) is 0.621. The monoisotopic (exact) mass is 206 g/mol. The number of hydrogen-bond donors (Lipinski definition) is 0. The fourth-order valence-electron chi connectivity index (χ4n) is 1.66. The van der Waals surface area contributed by atoms with Gasteiger partial charge < -0.3 is 0 Å². The van der Waals surface area contributed by atoms with Crippen molar-refractivity contribution in [2.24, 2.45) is 5.41 Å². The smallest absolute Gasteiger partial charge is 0.172 e. The zero-order valence-corrected chi connectivity index (χ0v) is 11.0. The molecule has 0 radical (unpaired) electrons. The third-order valence-corrected chi connectivity index (χ3v) is 2.37. The average molecular weight is 206 g/mol. The second-order valence-corrected chi connectivity index (χ2v) is 6.53. The Labute approximate surface area is 94.1 Å². The lowest BCUT2D eigenvalue weighted by atomic mass is 9.89. The summed E-state index contributed by atoms with van der Waals surface area (Å²) in [6.45, 7) is 13.5. The lowest BCUT2D eigenvalue weighted by Crippen LogP contribution is -2.49. The Kier molecular flexibility index (Phi) is 3.22. The van der Waals surface area contributed by atoms with Gasteiger partial charge in [-0.1, -0.05) is 20.8 Å². The molecule has 0 spiro atoms. The lowest BCUT2D eigenvalue weighted by Gasteiger charge is -2.19. The molecular formula is C14H24N+. The van der Waals surface area contributed by atoms with Crippen molar-refractivity contribution >= 4 is 0 Å². The molecule has 0 atom stereocenters. The van der Waals surface area contributed by atoms with Crippen LogP contribution in [0.2, 0.25) is 0 Å². The second-order valence-electron chi connectivity index (χ2n) is 6.53. The first-order valence-electron chi connectivity index (χ1n) is 5.69. The van der Waals surface area contributed by atoms with Crippen LogP contribution >= 0.6 is 0 Å². The predicted octanol–water partition coefficient (Wildman–Crippen LogP) is 3.32. The summed E-state index contributed by atoms with van der Waals surface area (Å²) in [7, 11) is 0. The molecular weight excluding hydrogens is 182 g/mol. The molecule has 1 nitrogen and oxygen atoms in total. The summed E-state index contributed by atoms with van der Waals surface area (Å²) in [6, 6.07) is 4.36. The van der Waals surface area contributed by atoms with Gasteiger partial charge in [0.15, 0.2) is 17.9 Å². The maximum atomic E-state index is 2.29. The minimum Gasteiger partial charge on any atom is -0.200 e. The van der Waals surface area contributed by atoms with Gasteiger partial charge in [-0.3, -0.25) is 0 Å². The summed E-state index contributed by atoms with van der Waals surface area (Å²) in [4.78, 5) is 0. The van der Waals surface area contributed by atoms with E-state index >= 15 is 0 Å². The highest BCUT2D eigenvalue weighted by Crippen LogP contribution is 2.19. The Morgan fingerprint density at radius 1 is 1.07 bits per heavy atom. The Bertz CT molecular complexity index is 326. The van der Waals surface area contributed by atoms with Crippen molar-refractivity contribution in [3.63, 3.8) is 0 Å². The van der Waals surface area contributed by atoms with Crippen LogP contribution in [0, 0.1) is 5.41 Å². The van der Waals surface area contributed by atoms with Gasteiger partial charge in [-0.05, 0) is 17.9 Å². The summed E-state index contributed by atoms with van der Waals surface area (Å²) in [5.74, 6) is 0. The largest absolute Gasteiger partial charge is 0.200 e. The van der Waals surface area contributed by atoms with Gasteiger partial charge in [0.25, 0.3) is 0 Å². The van der Waals surface area contributed by atoms with E-state index in [0.29, 0.717) is 5.41 Å². The van der Waals surface area contributed by atoms with Gasteiger partial charge in [0.1, 0.15) is 0 Å². The molecule has 0 bridgehead atoms. The van der Waals surface area contributed by atoms with Crippen LogP contribution in [0.4, 0.5) is 0 Å². The van der Waals surface area contributed by atoms with Crippen LogP contribution in [0.3, 0.4) is 0 Å². The first kappa shape index (κ1) is 12.2. The van der Waals surface area contributed by atoms with Crippen LogP contribution in [0.1, 0.15) is 47.1 Å². The highest BCUT2D eigenvalue weighted by Gasteiger charge is 2.22. The standard InChI is InChI=1S/C14H24N/c1-13(2,3)10-12-8-7-9-15(11-12)14(4,5)6/h7-9,11H,10H2,1-6H3/q+1. The van der Waals surface area contributed by atoms with Gasteiger partial charge in [0.2, 0.25) is 0 Å². The van der Waals surface area contributed by atoms with Crippen molar-refractivity contribution in [1.29, 1.82) is 0 Å². The van der Waals surface area contributed by atoms with E-state index in [2.05, 4.69) is 70.6 Å². The zero-order valence-electron chi connectivity index (χ0n) is 11.0. The predicted molar refractivity (Wildman–Crippen MR) is 64.8 cm³/mol. The number of nitrogens with zero attached hydrogens (tertiary/aromatic N) is 1. The van der Waals surface area contributed by atoms with Crippen molar-refractivity contribution in [1.82, 2.24) is 0 Å². The molecule has 0 aliphatic carbocycles. The SMILES string of the molecule is CC(C)(C)Cc1ccc[n+](C(C)(C)C)c1. The molecule has 0 saturated carbocycles. The van der Waals surface area contributed by atoms with E-state index < -0.39 is 0 Å². The minimum atomic E-state index is 0.174. The van der Waals surface area contributed by atoms with E-state index in [0.717, 1.165) is 6.42 Å². The summed E-state index contributed by atoms with van der Waals surface area (Å²) in [5.41, 5.74) is 1.95. The number of aromatic nitrogens is 1. The highest BCUT2D eigenvalue weighted by atomic mass is 15.0. The van der Waals surface area contributed by atoms with Gasteiger partial charge in [-0.2, -0.15) is 0 Å². The average Bonchev–Trinajstić information content (AvgIpc) is 1.99. The van der Waals surface area contributed by atoms with Crippen LogP contribution in [-0.4, -0.2) is 0 Å². The van der Waals surface area contributed by atoms with E-state index in [9.17, 15) is 0 Å². The molecule has 0 aromatic carbocycles. The van der Waals surface area contributed by atoms with Crippen LogP contribution in [0.5, 0.6) is 0 Å². The molecule has 1 rings (SSSR count). The molecule has 0 amide bonds. The third kappa shape index (κ3) is 4.03. The minimum absolute atomic E-state index is 0.174. The Hall–Kier alpha value is -0.850. The van der Waals surface area contributed by atoms with Crippen molar-refractivity contribution < 1.29 is 4.57 Å². The lowest BCUT2D eigenvalue weighted by molar-refractivity contribution is -0.754. The normalized spacial score (nSPS) is 12.9. The maximum absolute atomic E-state index is 2.29. The van der Waals surface area contributed by atoms with Gasteiger partial charge in [-0.15, -0.1) is 0 Å². The molecule has 1 heterocycles. The highest BCUT2D eigenvalue weighted by molar-refractivity contribution is 5.07. The van der Waals surface area contributed by atoms with Crippen LogP contribution in [0.15, 0.2) is 24.5 Å². The van der Waals surface area contributed by atoms with Crippen molar-refractivity contribution in [3.05, 3.63) is 30.1 Å². The van der Waals surface area contributed by atoms with E-state index in [4.69, 9.17) is 0 Å². The second kappa shape index (κ2) is 3.96. The topological polar surface area (TPSA) is 3.88 Å². The van der Waals surface area contributed by atoms with E-state index in [1.165, 1.54) is 5.56 Å². The first-order valence-corrected chi connectivity index (χ1v) is 5.69. The van der Waals surface area contributed by atoms with Crippen LogP contribution in [0.25, 0.3) is 0 Å². The van der Waals surface area contributed by atoms with Crippen molar-refractivity contribution in [2.75, 3.05) is 0 Å². The van der Waals surface area contributed by atoms with E-state index in [1.54, 1.807) is 0 Å².